The maximum Gasteiger partial charge on any atom is 0.0969 e. The Labute approximate surface area is 116 Å². The molecule has 5 heteroatoms. The summed E-state index contributed by atoms with van der Waals surface area (Å²) in [4.78, 5) is 0. The van der Waals surface area contributed by atoms with Crippen molar-refractivity contribution in [3.63, 3.8) is 0 Å². The maximum absolute atomic E-state index is 4.17. The molecule has 0 radical (unpaired) electrons. The molecule has 0 spiro atoms. The van der Waals surface area contributed by atoms with Crippen molar-refractivity contribution in [3.8, 4) is 5.69 Å². The highest BCUT2D eigenvalue weighted by atomic mass is 79.9. The molecule has 1 aromatic heterocycles. The van der Waals surface area contributed by atoms with Gasteiger partial charge in [-0.1, -0.05) is 17.3 Å². The Balaban J connectivity index is 2.14. The van der Waals surface area contributed by atoms with Crippen LogP contribution in [0.1, 0.15) is 26.5 Å². The van der Waals surface area contributed by atoms with Crippen LogP contribution in [0.4, 0.5) is 0 Å². The molecule has 4 nitrogen and oxygen atoms in total. The first-order valence-corrected chi connectivity index (χ1v) is 6.66. The highest BCUT2D eigenvalue weighted by Crippen LogP contribution is 2.19. The normalized spacial score (nSPS) is 11.8. The molecule has 0 aliphatic rings. The third-order valence-electron chi connectivity index (χ3n) is 2.44. The van der Waals surface area contributed by atoms with Gasteiger partial charge in [-0.15, -0.1) is 5.10 Å². The number of halogens is 1. The second kappa shape index (κ2) is 5.20. The average Bonchev–Trinajstić information content (AvgIpc) is 2.75. The van der Waals surface area contributed by atoms with Gasteiger partial charge in [0.05, 0.1) is 17.6 Å². The van der Waals surface area contributed by atoms with E-state index in [-0.39, 0.29) is 5.54 Å². The third kappa shape index (κ3) is 3.40. The van der Waals surface area contributed by atoms with Gasteiger partial charge >= 0.3 is 0 Å². The smallest absolute Gasteiger partial charge is 0.0969 e. The van der Waals surface area contributed by atoms with Gasteiger partial charge in [0.25, 0.3) is 0 Å². The summed E-state index contributed by atoms with van der Waals surface area (Å²) in [5, 5.41) is 11.7. The van der Waals surface area contributed by atoms with E-state index in [4.69, 9.17) is 0 Å². The Hall–Kier alpha value is -1.20. The SMILES string of the molecule is CC(C)(C)NCc1cn(-c2ccccc2Br)nn1. The van der Waals surface area contributed by atoms with Crippen molar-refractivity contribution in [3.05, 3.63) is 40.6 Å². The van der Waals surface area contributed by atoms with Crippen molar-refractivity contribution in [1.29, 1.82) is 0 Å². The number of hydrogen-bond acceptors (Lipinski definition) is 3. The molecule has 0 aliphatic heterocycles. The van der Waals surface area contributed by atoms with Crippen LogP contribution in [0.2, 0.25) is 0 Å². The maximum atomic E-state index is 4.17. The molecule has 2 rings (SSSR count). The van der Waals surface area contributed by atoms with Gasteiger partial charge in [0.2, 0.25) is 0 Å². The van der Waals surface area contributed by atoms with Gasteiger partial charge in [0.15, 0.2) is 0 Å². The van der Waals surface area contributed by atoms with E-state index < -0.39 is 0 Å². The van der Waals surface area contributed by atoms with E-state index in [1.54, 1.807) is 4.68 Å². The lowest BCUT2D eigenvalue weighted by Gasteiger charge is -2.19. The van der Waals surface area contributed by atoms with Gasteiger partial charge in [0, 0.05) is 16.6 Å². The van der Waals surface area contributed by atoms with Gasteiger partial charge in [-0.05, 0) is 48.8 Å². The molecule has 1 N–H and O–H groups in total. The minimum atomic E-state index is 0.0805. The summed E-state index contributed by atoms with van der Waals surface area (Å²) in [6, 6.07) is 7.95. The molecule has 96 valence electrons. The number of benzene rings is 1. The number of aromatic nitrogens is 3. The Morgan fingerprint density at radius 2 is 2.00 bits per heavy atom. The second-order valence-electron chi connectivity index (χ2n) is 5.21. The number of nitrogens with one attached hydrogen (secondary N) is 1. The molecule has 0 aliphatic carbocycles. The fraction of sp³-hybridized carbons (Fsp3) is 0.385. The van der Waals surface area contributed by atoms with Crippen LogP contribution in [0.15, 0.2) is 34.9 Å². The minimum absolute atomic E-state index is 0.0805. The van der Waals surface area contributed by atoms with Gasteiger partial charge in [-0.3, -0.25) is 0 Å². The van der Waals surface area contributed by atoms with Crippen LogP contribution in [-0.4, -0.2) is 20.5 Å². The molecule has 0 bridgehead atoms. The molecule has 0 atom stereocenters. The zero-order chi connectivity index (χ0) is 13.2. The molecule has 0 fully saturated rings. The quantitative estimate of drug-likeness (QED) is 0.948. The summed E-state index contributed by atoms with van der Waals surface area (Å²) in [5.74, 6) is 0. The van der Waals surface area contributed by atoms with Crippen molar-refractivity contribution < 1.29 is 0 Å². The van der Waals surface area contributed by atoms with Crippen LogP contribution in [-0.2, 0) is 6.54 Å². The lowest BCUT2D eigenvalue weighted by Crippen LogP contribution is -2.35. The van der Waals surface area contributed by atoms with Crippen molar-refractivity contribution >= 4 is 15.9 Å². The summed E-state index contributed by atoms with van der Waals surface area (Å²) in [6.45, 7) is 7.11. The molecule has 0 saturated heterocycles. The number of rotatable bonds is 3. The van der Waals surface area contributed by atoms with Gasteiger partial charge < -0.3 is 5.32 Å². The molecule has 0 unspecified atom stereocenters. The summed E-state index contributed by atoms with van der Waals surface area (Å²) in [7, 11) is 0. The first-order chi connectivity index (χ1) is 8.46. The molecule has 0 saturated carbocycles. The van der Waals surface area contributed by atoms with Crippen LogP contribution < -0.4 is 5.32 Å². The zero-order valence-electron chi connectivity index (χ0n) is 10.8. The van der Waals surface area contributed by atoms with E-state index in [2.05, 4.69) is 52.3 Å². The fourth-order valence-corrected chi connectivity index (χ4v) is 1.96. The molecule has 18 heavy (non-hydrogen) atoms. The van der Waals surface area contributed by atoms with E-state index in [9.17, 15) is 0 Å². The third-order valence-corrected chi connectivity index (χ3v) is 3.11. The van der Waals surface area contributed by atoms with Gasteiger partial charge in [0.1, 0.15) is 0 Å². The van der Waals surface area contributed by atoms with Gasteiger partial charge in [-0.25, -0.2) is 4.68 Å². The second-order valence-corrected chi connectivity index (χ2v) is 6.06. The first-order valence-electron chi connectivity index (χ1n) is 5.87. The van der Waals surface area contributed by atoms with Gasteiger partial charge in [-0.2, -0.15) is 0 Å². The van der Waals surface area contributed by atoms with Crippen molar-refractivity contribution in [2.24, 2.45) is 0 Å². The average molecular weight is 309 g/mol. The van der Waals surface area contributed by atoms with Crippen molar-refractivity contribution in [2.75, 3.05) is 0 Å². The molecule has 0 amide bonds. The summed E-state index contributed by atoms with van der Waals surface area (Å²) in [5.41, 5.74) is 2.00. The topological polar surface area (TPSA) is 42.7 Å². The minimum Gasteiger partial charge on any atom is -0.306 e. The predicted octanol–water partition coefficient (Wildman–Crippen LogP) is 2.92. The van der Waals surface area contributed by atoms with Crippen LogP contribution in [0, 0.1) is 0 Å². The monoisotopic (exact) mass is 308 g/mol. The fourth-order valence-electron chi connectivity index (χ4n) is 1.49. The molecular formula is C13H17BrN4. The van der Waals surface area contributed by atoms with Crippen LogP contribution in [0.3, 0.4) is 0 Å². The van der Waals surface area contributed by atoms with E-state index in [0.29, 0.717) is 6.54 Å². The van der Waals surface area contributed by atoms with Crippen LogP contribution in [0.5, 0.6) is 0 Å². The van der Waals surface area contributed by atoms with E-state index in [0.717, 1.165) is 15.9 Å². The molecule has 2 aromatic rings. The van der Waals surface area contributed by atoms with E-state index in [1.165, 1.54) is 0 Å². The summed E-state index contributed by atoms with van der Waals surface area (Å²) in [6.07, 6.45) is 1.94. The molecule has 1 heterocycles. The van der Waals surface area contributed by atoms with E-state index in [1.807, 2.05) is 30.5 Å². The summed E-state index contributed by atoms with van der Waals surface area (Å²) < 4.78 is 2.79. The van der Waals surface area contributed by atoms with Crippen molar-refractivity contribution in [1.82, 2.24) is 20.3 Å². The number of hydrogen-bond donors (Lipinski definition) is 1. The lowest BCUT2D eigenvalue weighted by molar-refractivity contribution is 0.421. The molecule has 1 aromatic carbocycles. The van der Waals surface area contributed by atoms with Crippen LogP contribution in [0.25, 0.3) is 5.69 Å². The Bertz CT molecular complexity index is 528. The standard InChI is InChI=1S/C13H17BrN4/c1-13(2,3)15-8-10-9-18(17-16-10)12-7-5-4-6-11(12)14/h4-7,9,15H,8H2,1-3H3. The number of para-hydroxylation sites is 1. The Morgan fingerprint density at radius 1 is 1.28 bits per heavy atom. The highest BCUT2D eigenvalue weighted by molar-refractivity contribution is 9.10. The molecular weight excluding hydrogens is 292 g/mol. The highest BCUT2D eigenvalue weighted by Gasteiger charge is 2.11. The Kier molecular flexibility index (Phi) is 3.82. The lowest BCUT2D eigenvalue weighted by atomic mass is 10.1. The van der Waals surface area contributed by atoms with Crippen molar-refractivity contribution in [2.45, 2.75) is 32.9 Å². The first kappa shape index (κ1) is 13.2. The van der Waals surface area contributed by atoms with E-state index >= 15 is 0 Å². The summed E-state index contributed by atoms with van der Waals surface area (Å²) >= 11 is 3.51. The van der Waals surface area contributed by atoms with Crippen LogP contribution >= 0.6 is 15.9 Å². The number of nitrogens with zero attached hydrogens (tertiary/aromatic N) is 3. The zero-order valence-corrected chi connectivity index (χ0v) is 12.4. The largest absolute Gasteiger partial charge is 0.306 e. The Morgan fingerprint density at radius 3 is 2.67 bits per heavy atom. The predicted molar refractivity (Wildman–Crippen MR) is 75.7 cm³/mol.